The summed E-state index contributed by atoms with van der Waals surface area (Å²) in [5.41, 5.74) is 1.08. The maximum absolute atomic E-state index is 12.3. The lowest BCUT2D eigenvalue weighted by Gasteiger charge is -2.09. The zero-order chi connectivity index (χ0) is 21.1. The lowest BCUT2D eigenvalue weighted by Crippen LogP contribution is -2.17. The van der Waals surface area contributed by atoms with Gasteiger partial charge in [-0.05, 0) is 46.8 Å². The van der Waals surface area contributed by atoms with Crippen LogP contribution in [0.1, 0.15) is 5.82 Å². The van der Waals surface area contributed by atoms with Crippen molar-refractivity contribution in [1.29, 1.82) is 0 Å². The van der Waals surface area contributed by atoms with E-state index in [1.54, 1.807) is 24.3 Å². The number of tetrazole rings is 1. The van der Waals surface area contributed by atoms with Crippen LogP contribution in [0.3, 0.4) is 0 Å². The molecule has 13 heteroatoms. The molecule has 0 aliphatic rings. The number of alkyl halides is 3. The summed E-state index contributed by atoms with van der Waals surface area (Å²) in [5.74, 6) is 0.644. The summed E-state index contributed by atoms with van der Waals surface area (Å²) in [7, 11) is 0. The minimum Gasteiger partial charge on any atom is -0.406 e. The van der Waals surface area contributed by atoms with Crippen molar-refractivity contribution in [3.05, 3.63) is 59.4 Å². The van der Waals surface area contributed by atoms with Gasteiger partial charge in [0.05, 0.1) is 22.0 Å². The number of hydrogen-bond donors (Lipinski definition) is 0. The van der Waals surface area contributed by atoms with Crippen LogP contribution in [0.15, 0.2) is 58.2 Å². The first-order chi connectivity index (χ1) is 14.4. The molecular weight excluding hydrogens is 445 g/mol. The summed E-state index contributed by atoms with van der Waals surface area (Å²) in [6.45, 7) is 0. The molecule has 4 aromatic rings. The highest BCUT2D eigenvalue weighted by atomic mass is 35.5. The summed E-state index contributed by atoms with van der Waals surface area (Å²) in [4.78, 5) is 4.30. The van der Waals surface area contributed by atoms with Crippen molar-refractivity contribution in [2.45, 2.75) is 17.3 Å². The Morgan fingerprint density at radius 2 is 1.87 bits per heavy atom. The maximum atomic E-state index is 12.3. The van der Waals surface area contributed by atoms with E-state index in [1.807, 2.05) is 0 Å². The van der Waals surface area contributed by atoms with E-state index in [-0.39, 0.29) is 11.6 Å². The predicted octanol–water partition coefficient (Wildman–Crippen LogP) is 4.56. The highest BCUT2D eigenvalue weighted by Crippen LogP contribution is 2.28. The molecule has 0 aliphatic carbocycles. The third-order valence-corrected chi connectivity index (χ3v) is 4.90. The van der Waals surface area contributed by atoms with Crippen molar-refractivity contribution < 1.29 is 22.4 Å². The molecule has 0 radical (unpaired) electrons. The molecule has 4 rings (SSSR count). The Balaban J connectivity index is 1.45. The van der Waals surface area contributed by atoms with Crippen LogP contribution in [-0.2, 0) is 5.75 Å². The molecule has 2 heterocycles. The SMILES string of the molecule is FC(F)(F)Oc1ccc(-n2nnnc2SCc2noc(-c3ccccc3Cl)n2)cc1. The Bertz CT molecular complexity index is 1150. The molecule has 0 aliphatic heterocycles. The molecule has 0 N–H and O–H groups in total. The molecule has 0 spiro atoms. The molecule has 8 nitrogen and oxygen atoms in total. The van der Waals surface area contributed by atoms with E-state index in [9.17, 15) is 13.2 Å². The van der Waals surface area contributed by atoms with Crippen LogP contribution >= 0.6 is 23.4 Å². The van der Waals surface area contributed by atoms with Crippen LogP contribution in [0.2, 0.25) is 5.02 Å². The van der Waals surface area contributed by atoms with Gasteiger partial charge in [0.15, 0.2) is 5.82 Å². The number of thioether (sulfide) groups is 1. The minimum atomic E-state index is -4.76. The Morgan fingerprint density at radius 3 is 2.60 bits per heavy atom. The van der Waals surface area contributed by atoms with Gasteiger partial charge in [0.25, 0.3) is 5.89 Å². The monoisotopic (exact) mass is 454 g/mol. The fourth-order valence-electron chi connectivity index (χ4n) is 2.41. The largest absolute Gasteiger partial charge is 0.573 e. The Hall–Kier alpha value is -3.12. The van der Waals surface area contributed by atoms with Gasteiger partial charge in [-0.25, -0.2) is 0 Å². The predicted molar refractivity (Wildman–Crippen MR) is 100 cm³/mol. The molecule has 30 heavy (non-hydrogen) atoms. The first-order valence-electron chi connectivity index (χ1n) is 8.24. The summed E-state index contributed by atoms with van der Waals surface area (Å²) in [6.07, 6.45) is -4.76. The zero-order valence-corrected chi connectivity index (χ0v) is 16.3. The number of nitrogens with zero attached hydrogens (tertiary/aromatic N) is 6. The molecule has 0 saturated carbocycles. The molecule has 0 fully saturated rings. The first kappa shape index (κ1) is 20.2. The molecule has 0 amide bonds. The van der Waals surface area contributed by atoms with Crippen molar-refractivity contribution in [3.63, 3.8) is 0 Å². The summed E-state index contributed by atoms with van der Waals surface area (Å²) in [5, 5.41) is 16.2. The van der Waals surface area contributed by atoms with Crippen LogP contribution in [0, 0.1) is 0 Å². The molecule has 0 unspecified atom stereocenters. The summed E-state index contributed by atoms with van der Waals surface area (Å²) in [6, 6.07) is 12.2. The number of halogens is 4. The lowest BCUT2D eigenvalue weighted by atomic mass is 10.2. The van der Waals surface area contributed by atoms with Gasteiger partial charge in [-0.15, -0.1) is 18.3 Å². The number of rotatable bonds is 6. The second-order valence-electron chi connectivity index (χ2n) is 5.70. The topological polar surface area (TPSA) is 91.8 Å². The van der Waals surface area contributed by atoms with Crippen molar-refractivity contribution >= 4 is 23.4 Å². The standard InChI is InChI=1S/C17H10ClF3N6O2S/c18-13-4-2-1-3-12(13)15-22-14(24-29-15)9-30-16-23-25-26-27(16)10-5-7-11(8-6-10)28-17(19,20)21/h1-8H,9H2. The Morgan fingerprint density at radius 1 is 1.10 bits per heavy atom. The quantitative estimate of drug-likeness (QED) is 0.392. The zero-order valence-electron chi connectivity index (χ0n) is 14.7. The number of aromatic nitrogens is 6. The van der Waals surface area contributed by atoms with E-state index in [2.05, 4.69) is 30.4 Å². The third kappa shape index (κ3) is 4.71. The van der Waals surface area contributed by atoms with E-state index in [0.29, 0.717) is 33.0 Å². The lowest BCUT2D eigenvalue weighted by molar-refractivity contribution is -0.274. The first-order valence-corrected chi connectivity index (χ1v) is 9.60. The van der Waals surface area contributed by atoms with Crippen LogP contribution < -0.4 is 4.74 Å². The Labute approximate surface area is 176 Å². The van der Waals surface area contributed by atoms with Gasteiger partial charge < -0.3 is 9.26 Å². The fourth-order valence-corrected chi connectivity index (χ4v) is 3.36. The van der Waals surface area contributed by atoms with Crippen LogP contribution in [0.25, 0.3) is 17.1 Å². The Kier molecular flexibility index (Phi) is 5.59. The highest BCUT2D eigenvalue weighted by molar-refractivity contribution is 7.98. The normalized spacial score (nSPS) is 11.6. The van der Waals surface area contributed by atoms with Crippen molar-refractivity contribution in [1.82, 2.24) is 30.3 Å². The van der Waals surface area contributed by atoms with Gasteiger partial charge in [0, 0.05) is 0 Å². The van der Waals surface area contributed by atoms with E-state index in [1.165, 1.54) is 40.7 Å². The number of benzene rings is 2. The van der Waals surface area contributed by atoms with Gasteiger partial charge in [-0.1, -0.05) is 40.7 Å². The van der Waals surface area contributed by atoms with E-state index < -0.39 is 6.36 Å². The van der Waals surface area contributed by atoms with E-state index in [0.717, 1.165) is 0 Å². The van der Waals surface area contributed by atoms with Gasteiger partial charge in [-0.2, -0.15) is 9.67 Å². The van der Waals surface area contributed by atoms with Crippen molar-refractivity contribution in [2.75, 3.05) is 0 Å². The highest BCUT2D eigenvalue weighted by Gasteiger charge is 2.31. The average molecular weight is 455 g/mol. The minimum absolute atomic E-state index is 0.288. The fraction of sp³-hybridized carbons (Fsp3) is 0.118. The molecule has 0 bridgehead atoms. The second kappa shape index (κ2) is 8.32. The second-order valence-corrected chi connectivity index (χ2v) is 7.05. The number of ether oxygens (including phenoxy) is 1. The van der Waals surface area contributed by atoms with Gasteiger partial charge >= 0.3 is 6.36 Å². The average Bonchev–Trinajstić information content (AvgIpc) is 3.35. The van der Waals surface area contributed by atoms with E-state index in [4.69, 9.17) is 16.1 Å². The van der Waals surface area contributed by atoms with Crippen LogP contribution in [0.5, 0.6) is 5.75 Å². The van der Waals surface area contributed by atoms with Gasteiger partial charge in [0.1, 0.15) is 5.75 Å². The van der Waals surface area contributed by atoms with Crippen LogP contribution in [0.4, 0.5) is 13.2 Å². The summed E-state index contributed by atoms with van der Waals surface area (Å²) < 4.78 is 47.3. The molecule has 2 aromatic carbocycles. The van der Waals surface area contributed by atoms with Crippen molar-refractivity contribution in [3.8, 4) is 22.9 Å². The van der Waals surface area contributed by atoms with Crippen molar-refractivity contribution in [2.24, 2.45) is 0 Å². The summed E-state index contributed by atoms with van der Waals surface area (Å²) >= 11 is 7.35. The molecule has 154 valence electrons. The van der Waals surface area contributed by atoms with E-state index >= 15 is 0 Å². The molecule has 2 aromatic heterocycles. The van der Waals surface area contributed by atoms with Gasteiger partial charge in [0.2, 0.25) is 5.16 Å². The number of hydrogen-bond acceptors (Lipinski definition) is 8. The molecule has 0 saturated heterocycles. The van der Waals surface area contributed by atoms with Gasteiger partial charge in [-0.3, -0.25) is 0 Å². The maximum Gasteiger partial charge on any atom is 0.573 e. The van der Waals surface area contributed by atoms with Crippen LogP contribution in [-0.4, -0.2) is 36.7 Å². The molecule has 0 atom stereocenters. The molecular formula is C17H10ClF3N6O2S. The third-order valence-electron chi connectivity index (χ3n) is 3.66. The smallest absolute Gasteiger partial charge is 0.406 e.